The topological polar surface area (TPSA) is 30.5 Å². The van der Waals surface area contributed by atoms with E-state index in [1.165, 1.54) is 5.56 Å². The quantitative estimate of drug-likeness (QED) is 0.590. The monoisotopic (exact) mass is 239 g/mol. The minimum Gasteiger partial charge on any atom is -0.497 e. The first-order valence-electron chi connectivity index (χ1n) is 5.56. The molecule has 0 aliphatic carbocycles. The Morgan fingerprint density at radius 3 is 2.38 bits per heavy atom. The van der Waals surface area contributed by atoms with Gasteiger partial charge in [0.1, 0.15) is 22.0 Å². The SMILES string of the molecule is CCNC(C)(Cc1ccc(OC)cc1)O[SiH3]. The zero-order valence-corrected chi connectivity index (χ0v) is 12.5. The summed E-state index contributed by atoms with van der Waals surface area (Å²) in [5, 5.41) is 3.37. The van der Waals surface area contributed by atoms with E-state index in [1.807, 2.05) is 12.1 Å². The fourth-order valence-corrected chi connectivity index (χ4v) is 2.00. The number of likely N-dealkylation sites (N-methyl/N-ethyl adjacent to an activating group) is 1. The van der Waals surface area contributed by atoms with Crippen LogP contribution in [0.15, 0.2) is 24.3 Å². The third kappa shape index (κ3) is 3.63. The molecule has 0 saturated carbocycles. The third-order valence-corrected chi connectivity index (χ3v) is 3.60. The average molecular weight is 239 g/mol. The number of hydrogen-bond acceptors (Lipinski definition) is 3. The molecule has 4 heteroatoms. The van der Waals surface area contributed by atoms with E-state index >= 15 is 0 Å². The summed E-state index contributed by atoms with van der Waals surface area (Å²) in [7, 11) is 2.41. The minimum absolute atomic E-state index is 0.241. The van der Waals surface area contributed by atoms with Gasteiger partial charge in [0.05, 0.1) is 7.11 Å². The van der Waals surface area contributed by atoms with Gasteiger partial charge >= 0.3 is 0 Å². The van der Waals surface area contributed by atoms with Crippen molar-refractivity contribution in [2.45, 2.75) is 26.0 Å². The normalized spacial score (nSPS) is 14.7. The molecule has 16 heavy (non-hydrogen) atoms. The lowest BCUT2D eigenvalue weighted by atomic mass is 10.0. The van der Waals surface area contributed by atoms with Crippen LogP contribution in [0, 0.1) is 0 Å². The first-order valence-corrected chi connectivity index (χ1v) is 6.38. The van der Waals surface area contributed by atoms with Gasteiger partial charge in [-0.05, 0) is 31.2 Å². The molecule has 1 aromatic carbocycles. The molecule has 0 heterocycles. The molecule has 0 saturated heterocycles. The van der Waals surface area contributed by atoms with Crippen LogP contribution in [0.5, 0.6) is 5.75 Å². The van der Waals surface area contributed by atoms with Gasteiger partial charge in [0.15, 0.2) is 0 Å². The molecule has 0 spiro atoms. The average Bonchev–Trinajstić information content (AvgIpc) is 2.30. The van der Waals surface area contributed by atoms with E-state index in [2.05, 4.69) is 31.3 Å². The summed E-state index contributed by atoms with van der Waals surface area (Å²) in [6, 6.07) is 8.12. The van der Waals surface area contributed by atoms with Crippen molar-refractivity contribution in [2.75, 3.05) is 13.7 Å². The summed E-state index contributed by atoms with van der Waals surface area (Å²) in [5.74, 6) is 0.890. The Labute approximate surface area is 101 Å². The van der Waals surface area contributed by atoms with E-state index in [0.29, 0.717) is 0 Å². The first kappa shape index (κ1) is 13.2. The summed E-state index contributed by atoms with van der Waals surface area (Å²) in [4.78, 5) is 0. The molecular formula is C12H21NO2Si. The van der Waals surface area contributed by atoms with Gasteiger partial charge in [-0.25, -0.2) is 0 Å². The third-order valence-electron chi connectivity index (χ3n) is 2.70. The Morgan fingerprint density at radius 1 is 1.31 bits per heavy atom. The van der Waals surface area contributed by atoms with Crippen LogP contribution in [0.4, 0.5) is 0 Å². The van der Waals surface area contributed by atoms with Crippen molar-refractivity contribution in [2.24, 2.45) is 0 Å². The van der Waals surface area contributed by atoms with Gasteiger partial charge in [0.2, 0.25) is 0 Å². The van der Waals surface area contributed by atoms with Crippen molar-refractivity contribution < 1.29 is 9.16 Å². The molecule has 90 valence electrons. The Morgan fingerprint density at radius 2 is 1.94 bits per heavy atom. The van der Waals surface area contributed by atoms with Crippen LogP contribution in [0.2, 0.25) is 0 Å². The van der Waals surface area contributed by atoms with E-state index in [0.717, 1.165) is 29.2 Å². The van der Waals surface area contributed by atoms with Gasteiger partial charge in [-0.3, -0.25) is 5.32 Å². The van der Waals surface area contributed by atoms with Crippen molar-refractivity contribution in [3.63, 3.8) is 0 Å². The predicted molar refractivity (Wildman–Crippen MR) is 69.8 cm³/mol. The van der Waals surface area contributed by atoms with Crippen LogP contribution in [0.1, 0.15) is 19.4 Å². The number of ether oxygens (including phenoxy) is 1. The number of hydrogen-bond donors (Lipinski definition) is 1. The summed E-state index contributed by atoms with van der Waals surface area (Å²) in [6.07, 6.45) is 0.869. The standard InChI is InChI=1S/C12H21NO2Si/c1-4-13-12(2,15-16)9-10-5-7-11(14-3)8-6-10/h5-8,13H,4,9H2,1-3,16H3. The van der Waals surface area contributed by atoms with Gasteiger partial charge < -0.3 is 9.16 Å². The maximum atomic E-state index is 5.64. The highest BCUT2D eigenvalue weighted by molar-refractivity contribution is 5.98. The van der Waals surface area contributed by atoms with E-state index < -0.39 is 0 Å². The molecule has 1 aromatic rings. The van der Waals surface area contributed by atoms with Crippen LogP contribution in [-0.4, -0.2) is 29.9 Å². The lowest BCUT2D eigenvalue weighted by Crippen LogP contribution is -2.46. The maximum absolute atomic E-state index is 5.64. The number of nitrogens with one attached hydrogen (secondary N) is 1. The summed E-state index contributed by atoms with van der Waals surface area (Å²) >= 11 is 0. The van der Waals surface area contributed by atoms with Gasteiger partial charge in [-0.2, -0.15) is 0 Å². The second-order valence-corrected chi connectivity index (χ2v) is 4.40. The highest BCUT2D eigenvalue weighted by atomic mass is 28.2. The molecule has 0 aromatic heterocycles. The van der Waals surface area contributed by atoms with E-state index in [1.54, 1.807) is 7.11 Å². The molecule has 0 bridgehead atoms. The van der Waals surface area contributed by atoms with Crippen LogP contribution in [0.3, 0.4) is 0 Å². The zero-order valence-electron chi connectivity index (χ0n) is 10.5. The van der Waals surface area contributed by atoms with Crippen LogP contribution < -0.4 is 10.1 Å². The highest BCUT2D eigenvalue weighted by Crippen LogP contribution is 2.17. The molecule has 1 N–H and O–H groups in total. The first-order chi connectivity index (χ1) is 7.63. The second-order valence-electron chi connectivity index (χ2n) is 3.99. The van der Waals surface area contributed by atoms with Gasteiger partial charge in [0, 0.05) is 6.42 Å². The van der Waals surface area contributed by atoms with Crippen molar-refractivity contribution in [3.05, 3.63) is 29.8 Å². The fraction of sp³-hybridized carbons (Fsp3) is 0.500. The molecule has 0 radical (unpaired) electrons. The van der Waals surface area contributed by atoms with E-state index in [-0.39, 0.29) is 5.72 Å². The minimum atomic E-state index is -0.241. The van der Waals surface area contributed by atoms with E-state index in [4.69, 9.17) is 9.16 Å². The molecule has 3 nitrogen and oxygen atoms in total. The lowest BCUT2D eigenvalue weighted by Gasteiger charge is -2.30. The van der Waals surface area contributed by atoms with Gasteiger partial charge in [-0.1, -0.05) is 19.1 Å². The Hall–Kier alpha value is -0.843. The number of rotatable bonds is 6. The van der Waals surface area contributed by atoms with Crippen LogP contribution in [-0.2, 0) is 10.8 Å². The molecule has 0 aliphatic rings. The molecule has 1 atom stereocenters. The zero-order chi connectivity index (χ0) is 12.0. The largest absolute Gasteiger partial charge is 0.497 e. The fourth-order valence-electron chi connectivity index (χ4n) is 1.71. The predicted octanol–water partition coefficient (Wildman–Crippen LogP) is 0.860. The maximum Gasteiger partial charge on any atom is 0.148 e. The summed E-state index contributed by atoms with van der Waals surface area (Å²) in [6.45, 7) is 5.09. The smallest absolute Gasteiger partial charge is 0.148 e. The molecule has 0 fully saturated rings. The van der Waals surface area contributed by atoms with Gasteiger partial charge in [0.25, 0.3) is 0 Å². The van der Waals surface area contributed by atoms with Gasteiger partial charge in [-0.15, -0.1) is 0 Å². The second kappa shape index (κ2) is 6.03. The van der Waals surface area contributed by atoms with Crippen molar-refractivity contribution in [3.8, 4) is 5.75 Å². The Balaban J connectivity index is 2.70. The lowest BCUT2D eigenvalue weighted by molar-refractivity contribution is 0.0645. The highest BCUT2D eigenvalue weighted by Gasteiger charge is 2.21. The van der Waals surface area contributed by atoms with E-state index in [9.17, 15) is 0 Å². The molecule has 0 amide bonds. The molecule has 1 rings (SSSR count). The van der Waals surface area contributed by atoms with Crippen molar-refractivity contribution in [1.82, 2.24) is 5.32 Å². The van der Waals surface area contributed by atoms with Crippen molar-refractivity contribution >= 4 is 10.5 Å². The number of methoxy groups -OCH3 is 1. The van der Waals surface area contributed by atoms with Crippen LogP contribution >= 0.6 is 0 Å². The van der Waals surface area contributed by atoms with Crippen LogP contribution in [0.25, 0.3) is 0 Å². The molecular weight excluding hydrogens is 218 g/mol. The summed E-state index contributed by atoms with van der Waals surface area (Å²) in [5.41, 5.74) is 1.01. The Bertz CT molecular complexity index is 315. The summed E-state index contributed by atoms with van der Waals surface area (Å²) < 4.78 is 10.8. The molecule has 0 aliphatic heterocycles. The molecule has 1 unspecified atom stereocenters. The Kier molecular flexibility index (Phi) is 4.98. The van der Waals surface area contributed by atoms with Crippen molar-refractivity contribution in [1.29, 1.82) is 0 Å². The number of benzene rings is 1.